The lowest BCUT2D eigenvalue weighted by Crippen LogP contribution is -1.83. The SMILES string of the molecule is CCC/C(C#N)=C(/Cl)c1ccoc1Br. The minimum atomic E-state index is 0.468. The third-order valence-corrected chi connectivity index (χ3v) is 2.80. The van der Waals surface area contributed by atoms with E-state index in [9.17, 15) is 0 Å². The van der Waals surface area contributed by atoms with Crippen molar-refractivity contribution in [2.45, 2.75) is 19.8 Å². The molecule has 0 radical (unpaired) electrons. The van der Waals surface area contributed by atoms with Crippen molar-refractivity contribution in [3.05, 3.63) is 28.1 Å². The van der Waals surface area contributed by atoms with Crippen LogP contribution < -0.4 is 0 Å². The lowest BCUT2D eigenvalue weighted by Gasteiger charge is -1.99. The molecule has 0 saturated heterocycles. The largest absolute Gasteiger partial charge is 0.457 e. The molecule has 0 aromatic carbocycles. The van der Waals surface area contributed by atoms with Crippen molar-refractivity contribution in [2.75, 3.05) is 0 Å². The second kappa shape index (κ2) is 5.23. The van der Waals surface area contributed by atoms with Gasteiger partial charge in [0.2, 0.25) is 0 Å². The molecule has 0 aliphatic rings. The van der Waals surface area contributed by atoms with Gasteiger partial charge in [0.25, 0.3) is 0 Å². The van der Waals surface area contributed by atoms with Gasteiger partial charge in [-0.25, -0.2) is 0 Å². The van der Waals surface area contributed by atoms with E-state index in [0.29, 0.717) is 21.7 Å². The molecule has 1 heterocycles. The quantitative estimate of drug-likeness (QED) is 0.770. The van der Waals surface area contributed by atoms with E-state index in [1.54, 1.807) is 6.07 Å². The Hall–Kier alpha value is -0.720. The predicted molar refractivity (Wildman–Crippen MR) is 59.7 cm³/mol. The molecule has 0 bridgehead atoms. The summed E-state index contributed by atoms with van der Waals surface area (Å²) in [6.45, 7) is 2.01. The smallest absolute Gasteiger partial charge is 0.177 e. The maximum Gasteiger partial charge on any atom is 0.177 e. The Morgan fingerprint density at radius 3 is 2.86 bits per heavy atom. The van der Waals surface area contributed by atoms with Gasteiger partial charge in [0.05, 0.1) is 17.4 Å². The molecule has 0 aliphatic carbocycles. The fourth-order valence-electron chi connectivity index (χ4n) is 1.08. The van der Waals surface area contributed by atoms with E-state index in [-0.39, 0.29) is 0 Å². The van der Waals surface area contributed by atoms with E-state index < -0.39 is 0 Å². The fraction of sp³-hybridized carbons (Fsp3) is 0.300. The third kappa shape index (κ3) is 2.40. The minimum absolute atomic E-state index is 0.468. The standard InChI is InChI=1S/C10H9BrClNO/c1-2-3-7(6-13)9(12)8-4-5-14-10(8)11/h4-5H,2-3H2,1H3/b9-7-. The highest BCUT2D eigenvalue weighted by Crippen LogP contribution is 2.31. The summed E-state index contributed by atoms with van der Waals surface area (Å²) in [7, 11) is 0. The van der Waals surface area contributed by atoms with Crippen LogP contribution in [-0.2, 0) is 0 Å². The molecular weight excluding hydrogens is 265 g/mol. The first kappa shape index (κ1) is 11.4. The van der Waals surface area contributed by atoms with Crippen molar-refractivity contribution in [3.8, 4) is 6.07 Å². The summed E-state index contributed by atoms with van der Waals surface area (Å²) in [5, 5.41) is 9.35. The van der Waals surface area contributed by atoms with Gasteiger partial charge in [-0.1, -0.05) is 24.9 Å². The van der Waals surface area contributed by atoms with Gasteiger partial charge in [-0.3, -0.25) is 0 Å². The van der Waals surface area contributed by atoms with Crippen molar-refractivity contribution in [1.29, 1.82) is 5.26 Å². The van der Waals surface area contributed by atoms with Gasteiger partial charge in [-0.15, -0.1) is 0 Å². The summed E-state index contributed by atoms with van der Waals surface area (Å²) in [5.41, 5.74) is 1.33. The van der Waals surface area contributed by atoms with Crippen LogP contribution in [-0.4, -0.2) is 0 Å². The second-order valence-electron chi connectivity index (χ2n) is 2.76. The van der Waals surface area contributed by atoms with Gasteiger partial charge in [-0.05, 0) is 28.4 Å². The number of nitrogens with zero attached hydrogens (tertiary/aromatic N) is 1. The van der Waals surface area contributed by atoms with Crippen molar-refractivity contribution >= 4 is 32.6 Å². The zero-order chi connectivity index (χ0) is 10.6. The lowest BCUT2D eigenvalue weighted by atomic mass is 10.1. The number of hydrogen-bond donors (Lipinski definition) is 0. The summed E-state index contributed by atoms with van der Waals surface area (Å²) in [4.78, 5) is 0. The highest BCUT2D eigenvalue weighted by Gasteiger charge is 2.11. The summed E-state index contributed by atoms with van der Waals surface area (Å²) in [5.74, 6) is 0. The topological polar surface area (TPSA) is 36.9 Å². The summed E-state index contributed by atoms with van der Waals surface area (Å²) in [6.07, 6.45) is 3.12. The zero-order valence-electron chi connectivity index (χ0n) is 7.68. The monoisotopic (exact) mass is 273 g/mol. The maximum absolute atomic E-state index is 8.88. The van der Waals surface area contributed by atoms with Crippen LogP contribution in [0.4, 0.5) is 0 Å². The van der Waals surface area contributed by atoms with Crippen LogP contribution in [0.1, 0.15) is 25.3 Å². The highest BCUT2D eigenvalue weighted by molar-refractivity contribution is 9.10. The average molecular weight is 275 g/mol. The molecule has 1 rings (SSSR count). The average Bonchev–Trinajstić information content (AvgIpc) is 2.59. The first-order valence-corrected chi connectivity index (χ1v) is 5.40. The Labute approximate surface area is 96.3 Å². The normalized spacial score (nSPS) is 12.1. The van der Waals surface area contributed by atoms with Crippen LogP contribution in [0.3, 0.4) is 0 Å². The Balaban J connectivity index is 3.09. The predicted octanol–water partition coefficient (Wildman–Crippen LogP) is 4.32. The molecule has 1 aromatic rings. The number of nitriles is 1. The molecule has 14 heavy (non-hydrogen) atoms. The van der Waals surface area contributed by atoms with Crippen molar-refractivity contribution in [2.24, 2.45) is 0 Å². The van der Waals surface area contributed by atoms with Crippen LogP contribution >= 0.6 is 27.5 Å². The van der Waals surface area contributed by atoms with Crippen LogP contribution in [0.25, 0.3) is 5.03 Å². The number of allylic oxidation sites excluding steroid dienone is 1. The van der Waals surface area contributed by atoms with Gasteiger partial charge >= 0.3 is 0 Å². The Morgan fingerprint density at radius 2 is 2.43 bits per heavy atom. The molecule has 0 amide bonds. The first-order valence-electron chi connectivity index (χ1n) is 4.22. The highest BCUT2D eigenvalue weighted by atomic mass is 79.9. The van der Waals surface area contributed by atoms with E-state index >= 15 is 0 Å². The first-order chi connectivity index (χ1) is 6.70. The third-order valence-electron chi connectivity index (χ3n) is 1.75. The van der Waals surface area contributed by atoms with E-state index in [0.717, 1.165) is 12.0 Å². The molecular formula is C10H9BrClNO. The minimum Gasteiger partial charge on any atom is -0.457 e. The van der Waals surface area contributed by atoms with Crippen molar-refractivity contribution in [1.82, 2.24) is 0 Å². The second-order valence-corrected chi connectivity index (χ2v) is 3.86. The molecule has 0 saturated carbocycles. The summed E-state index contributed by atoms with van der Waals surface area (Å²) in [6, 6.07) is 3.84. The van der Waals surface area contributed by atoms with E-state index in [1.807, 2.05) is 6.92 Å². The van der Waals surface area contributed by atoms with E-state index in [2.05, 4.69) is 22.0 Å². The van der Waals surface area contributed by atoms with Gasteiger partial charge in [0.1, 0.15) is 0 Å². The fourth-order valence-corrected chi connectivity index (χ4v) is 1.92. The number of furan rings is 1. The van der Waals surface area contributed by atoms with E-state index in [1.165, 1.54) is 6.26 Å². The van der Waals surface area contributed by atoms with Crippen LogP contribution in [0, 0.1) is 11.3 Å². The maximum atomic E-state index is 8.88. The van der Waals surface area contributed by atoms with Gasteiger partial charge in [0, 0.05) is 11.1 Å². The van der Waals surface area contributed by atoms with Gasteiger partial charge in [-0.2, -0.15) is 5.26 Å². The van der Waals surface area contributed by atoms with Gasteiger partial charge < -0.3 is 4.42 Å². The zero-order valence-corrected chi connectivity index (χ0v) is 10.0. The molecule has 0 unspecified atom stereocenters. The summed E-state index contributed by atoms with van der Waals surface area (Å²) >= 11 is 9.29. The van der Waals surface area contributed by atoms with Crippen LogP contribution in [0.2, 0.25) is 0 Å². The Morgan fingerprint density at radius 1 is 1.71 bits per heavy atom. The Kier molecular flexibility index (Phi) is 4.24. The lowest BCUT2D eigenvalue weighted by molar-refractivity contribution is 0.540. The van der Waals surface area contributed by atoms with Crippen molar-refractivity contribution in [3.63, 3.8) is 0 Å². The molecule has 1 aromatic heterocycles. The van der Waals surface area contributed by atoms with Crippen LogP contribution in [0.5, 0.6) is 0 Å². The number of rotatable bonds is 3. The molecule has 0 fully saturated rings. The molecule has 0 aliphatic heterocycles. The molecule has 74 valence electrons. The molecule has 0 N–H and O–H groups in total. The van der Waals surface area contributed by atoms with Crippen molar-refractivity contribution < 1.29 is 4.42 Å². The molecule has 0 spiro atoms. The number of hydrogen-bond acceptors (Lipinski definition) is 2. The van der Waals surface area contributed by atoms with Gasteiger partial charge in [0.15, 0.2) is 4.67 Å². The number of halogens is 2. The molecule has 2 nitrogen and oxygen atoms in total. The molecule has 4 heteroatoms. The van der Waals surface area contributed by atoms with Crippen LogP contribution in [0.15, 0.2) is 27.0 Å². The van der Waals surface area contributed by atoms with E-state index in [4.69, 9.17) is 21.3 Å². The summed E-state index contributed by atoms with van der Waals surface area (Å²) < 4.78 is 5.61. The Bertz CT molecular complexity index is 389. The molecule has 0 atom stereocenters.